The molecule has 1 heterocycles. The number of rotatable bonds is 0. The van der Waals surface area contributed by atoms with Crippen molar-refractivity contribution in [1.29, 1.82) is 0 Å². The minimum Gasteiger partial charge on any atom is -0.378 e. The molecule has 7 heteroatoms. The first kappa shape index (κ1) is 17.5. The summed E-state index contributed by atoms with van der Waals surface area (Å²) in [5, 5.41) is 6.23. The van der Waals surface area contributed by atoms with Gasteiger partial charge in [0, 0.05) is 48.4 Å². The lowest BCUT2D eigenvalue weighted by Gasteiger charge is -2.08. The van der Waals surface area contributed by atoms with Crippen LogP contribution in [0.5, 0.6) is 0 Å². The third-order valence-corrected chi connectivity index (χ3v) is 5.84. The van der Waals surface area contributed by atoms with Crippen LogP contribution in [0.2, 0.25) is 0 Å². The van der Waals surface area contributed by atoms with Gasteiger partial charge in [-0.1, -0.05) is 0 Å². The molecule has 0 radical (unpaired) electrons. The molecule has 112 valence electrons. The highest BCUT2D eigenvalue weighted by Gasteiger charge is 2.01. The maximum Gasteiger partial charge on any atom is 0.230 e. The van der Waals surface area contributed by atoms with Gasteiger partial charge in [-0.15, -0.1) is 0 Å². The zero-order chi connectivity index (χ0) is 13.6. The molecule has 1 aliphatic rings. The topological polar surface area (TPSA) is 50.4 Å². The molecule has 1 fully saturated rings. The zero-order valence-electron chi connectivity index (χ0n) is 11.3. The summed E-state index contributed by atoms with van der Waals surface area (Å²) >= 11 is 5.70. The van der Waals surface area contributed by atoms with E-state index >= 15 is 0 Å². The van der Waals surface area contributed by atoms with Gasteiger partial charge in [-0.2, -0.15) is 35.3 Å². The van der Waals surface area contributed by atoms with Crippen LogP contribution in [0.25, 0.3) is 0 Å². The fraction of sp³-hybridized carbons (Fsp3) is 0.917. The number of carbonyl (C=O) groups excluding carboxylic acids is 1. The lowest BCUT2D eigenvalue weighted by atomic mass is 10.6. The van der Waals surface area contributed by atoms with Crippen LogP contribution in [0.1, 0.15) is 0 Å². The number of carbonyl (C=O) groups is 1. The number of nitrogens with one attached hydrogen (secondary N) is 2. The highest BCUT2D eigenvalue weighted by atomic mass is 32.2. The Morgan fingerprint density at radius 2 is 1.53 bits per heavy atom. The lowest BCUT2D eigenvalue weighted by molar-refractivity contribution is -0.118. The fourth-order valence-corrected chi connectivity index (χ4v) is 4.45. The summed E-state index contributed by atoms with van der Waals surface area (Å²) in [6, 6.07) is 0. The average Bonchev–Trinajstić information content (AvgIpc) is 2.41. The molecule has 1 aliphatic heterocycles. The number of thioether (sulfide) groups is 3. The van der Waals surface area contributed by atoms with Crippen molar-refractivity contribution in [3.63, 3.8) is 0 Å². The Bertz CT molecular complexity index is 213. The summed E-state index contributed by atoms with van der Waals surface area (Å²) in [6.07, 6.45) is 0. The van der Waals surface area contributed by atoms with Gasteiger partial charge in [-0.25, -0.2) is 0 Å². The SMILES string of the molecule is O=C1CSCCSCCSCCNCCOCCN1. The molecule has 0 aromatic rings. The van der Waals surface area contributed by atoms with Crippen molar-refractivity contribution < 1.29 is 9.53 Å². The van der Waals surface area contributed by atoms with E-state index in [9.17, 15) is 4.79 Å². The Morgan fingerprint density at radius 1 is 0.842 bits per heavy atom. The molecule has 0 unspecified atom stereocenters. The van der Waals surface area contributed by atoms with Crippen molar-refractivity contribution in [2.45, 2.75) is 0 Å². The second-order valence-corrected chi connectivity index (χ2v) is 7.54. The van der Waals surface area contributed by atoms with E-state index in [1.807, 2.05) is 23.5 Å². The zero-order valence-corrected chi connectivity index (χ0v) is 13.8. The van der Waals surface area contributed by atoms with Gasteiger partial charge in [-0.05, 0) is 0 Å². The van der Waals surface area contributed by atoms with Crippen LogP contribution in [0.3, 0.4) is 0 Å². The third-order valence-electron chi connectivity index (χ3n) is 2.39. The molecule has 0 aromatic carbocycles. The molecule has 2 N–H and O–H groups in total. The molecule has 1 amide bonds. The van der Waals surface area contributed by atoms with Gasteiger partial charge in [0.05, 0.1) is 19.0 Å². The Kier molecular flexibility index (Phi) is 12.4. The second-order valence-electron chi connectivity index (χ2n) is 3.99. The van der Waals surface area contributed by atoms with Gasteiger partial charge < -0.3 is 15.4 Å². The van der Waals surface area contributed by atoms with Crippen LogP contribution >= 0.6 is 35.3 Å². The molecule has 0 saturated carbocycles. The Labute approximate surface area is 128 Å². The first-order chi connectivity index (χ1) is 9.39. The normalized spacial score (nSPS) is 23.1. The van der Waals surface area contributed by atoms with Crippen LogP contribution in [-0.2, 0) is 9.53 Å². The molecule has 0 atom stereocenters. The molecular formula is C12H24N2O2S3. The van der Waals surface area contributed by atoms with E-state index in [2.05, 4.69) is 10.6 Å². The highest BCUT2D eigenvalue weighted by molar-refractivity contribution is 8.04. The Hall–Kier alpha value is 0.440. The number of hydrogen-bond acceptors (Lipinski definition) is 6. The monoisotopic (exact) mass is 324 g/mol. The molecule has 0 aromatic heterocycles. The first-order valence-electron chi connectivity index (χ1n) is 6.68. The van der Waals surface area contributed by atoms with E-state index in [-0.39, 0.29) is 5.91 Å². The van der Waals surface area contributed by atoms with E-state index in [0.29, 0.717) is 25.5 Å². The van der Waals surface area contributed by atoms with Crippen molar-refractivity contribution in [2.75, 3.05) is 67.4 Å². The minimum atomic E-state index is 0.119. The first-order valence-corrected chi connectivity index (χ1v) is 10.1. The van der Waals surface area contributed by atoms with Gasteiger partial charge in [-0.3, -0.25) is 4.79 Å². The van der Waals surface area contributed by atoms with Crippen molar-refractivity contribution in [3.8, 4) is 0 Å². The van der Waals surface area contributed by atoms with Crippen LogP contribution in [-0.4, -0.2) is 73.3 Å². The summed E-state index contributed by atoms with van der Waals surface area (Å²) in [4.78, 5) is 11.5. The van der Waals surface area contributed by atoms with Crippen LogP contribution in [0, 0.1) is 0 Å². The van der Waals surface area contributed by atoms with Gasteiger partial charge in [0.1, 0.15) is 0 Å². The number of hydrogen-bond donors (Lipinski definition) is 2. The van der Waals surface area contributed by atoms with E-state index in [4.69, 9.17) is 4.74 Å². The van der Waals surface area contributed by atoms with Crippen molar-refractivity contribution in [3.05, 3.63) is 0 Å². The summed E-state index contributed by atoms with van der Waals surface area (Å²) in [5.74, 6) is 6.48. The minimum absolute atomic E-state index is 0.119. The van der Waals surface area contributed by atoms with Crippen LogP contribution in [0.15, 0.2) is 0 Å². The molecular weight excluding hydrogens is 300 g/mol. The largest absolute Gasteiger partial charge is 0.378 e. The van der Waals surface area contributed by atoms with Crippen molar-refractivity contribution in [1.82, 2.24) is 10.6 Å². The van der Waals surface area contributed by atoms with Gasteiger partial charge >= 0.3 is 0 Å². The maximum atomic E-state index is 11.5. The maximum absolute atomic E-state index is 11.5. The van der Waals surface area contributed by atoms with Crippen LogP contribution in [0.4, 0.5) is 0 Å². The Balaban J connectivity index is 2.10. The molecule has 1 rings (SSSR count). The summed E-state index contributed by atoms with van der Waals surface area (Å²) in [5.41, 5.74) is 0. The summed E-state index contributed by atoms with van der Waals surface area (Å²) < 4.78 is 5.43. The van der Waals surface area contributed by atoms with E-state index < -0.39 is 0 Å². The summed E-state index contributed by atoms with van der Waals surface area (Å²) in [7, 11) is 0. The smallest absolute Gasteiger partial charge is 0.230 e. The van der Waals surface area contributed by atoms with E-state index in [0.717, 1.165) is 24.6 Å². The van der Waals surface area contributed by atoms with E-state index in [1.165, 1.54) is 17.3 Å². The molecule has 0 aliphatic carbocycles. The second kappa shape index (κ2) is 13.4. The third kappa shape index (κ3) is 11.9. The standard InChI is InChI=1S/C12H24N2O2S3/c15-12-11-19-10-9-18-8-7-17-6-3-13-1-4-16-5-2-14-12/h13H,1-11H2,(H,14,15). The van der Waals surface area contributed by atoms with Gasteiger partial charge in [0.25, 0.3) is 0 Å². The predicted octanol–water partition coefficient (Wildman–Crippen LogP) is 0.922. The average molecular weight is 325 g/mol. The molecule has 0 spiro atoms. The predicted molar refractivity (Wildman–Crippen MR) is 88.7 cm³/mol. The molecule has 0 bridgehead atoms. The number of amides is 1. The van der Waals surface area contributed by atoms with Gasteiger partial charge in [0.15, 0.2) is 0 Å². The quantitative estimate of drug-likeness (QED) is 0.691. The highest BCUT2D eigenvalue weighted by Crippen LogP contribution is 2.09. The molecule has 1 saturated heterocycles. The molecule has 4 nitrogen and oxygen atoms in total. The van der Waals surface area contributed by atoms with Crippen molar-refractivity contribution >= 4 is 41.2 Å². The number of ether oxygens (including phenoxy) is 1. The Morgan fingerprint density at radius 3 is 2.37 bits per heavy atom. The molecule has 19 heavy (non-hydrogen) atoms. The fourth-order valence-electron chi connectivity index (χ4n) is 1.43. The van der Waals surface area contributed by atoms with Crippen molar-refractivity contribution in [2.24, 2.45) is 0 Å². The lowest BCUT2D eigenvalue weighted by Crippen LogP contribution is -2.30. The van der Waals surface area contributed by atoms with E-state index in [1.54, 1.807) is 11.8 Å². The summed E-state index contributed by atoms with van der Waals surface area (Å²) in [6.45, 7) is 3.86. The van der Waals surface area contributed by atoms with Gasteiger partial charge in [0.2, 0.25) is 5.91 Å². The van der Waals surface area contributed by atoms with Crippen LogP contribution < -0.4 is 10.6 Å².